The van der Waals surface area contributed by atoms with Crippen LogP contribution in [-0.4, -0.2) is 13.7 Å². The summed E-state index contributed by atoms with van der Waals surface area (Å²) in [5.41, 5.74) is 11.3. The van der Waals surface area contributed by atoms with Gasteiger partial charge in [-0.2, -0.15) is 10.5 Å². The highest BCUT2D eigenvalue weighted by atomic mass is 15.1. The van der Waals surface area contributed by atoms with Crippen LogP contribution >= 0.6 is 0 Å². The molecule has 3 heterocycles. The van der Waals surface area contributed by atoms with Crippen LogP contribution in [0.1, 0.15) is 16.7 Å². The fourth-order valence-corrected chi connectivity index (χ4v) is 11.5. The second-order valence-corrected chi connectivity index (χ2v) is 17.9. The molecule has 14 rings (SSSR count). The van der Waals surface area contributed by atoms with Crippen molar-refractivity contribution >= 4 is 97.7 Å². The number of benzene rings is 11. The number of hydrogen-bond acceptors (Lipinski definition) is 2. The molecule has 0 unspecified atom stereocenters. The molecule has 0 spiro atoms. The first-order chi connectivity index (χ1) is 33.6. The van der Waals surface area contributed by atoms with E-state index in [2.05, 4.69) is 239 Å². The Morgan fingerprint density at radius 1 is 0.294 bits per heavy atom. The van der Waals surface area contributed by atoms with Crippen molar-refractivity contribution in [2.24, 2.45) is 0 Å². The summed E-state index contributed by atoms with van der Waals surface area (Å²) in [5, 5.41) is 37.8. The van der Waals surface area contributed by atoms with Crippen LogP contribution in [0.3, 0.4) is 0 Å². The lowest BCUT2D eigenvalue weighted by molar-refractivity contribution is 1.08. The average Bonchev–Trinajstić information content (AvgIpc) is 4.03. The molecular formula is C63H37N5. The lowest BCUT2D eigenvalue weighted by atomic mass is 9.91. The number of nitriles is 2. The van der Waals surface area contributed by atoms with Crippen LogP contribution in [0.25, 0.3) is 126 Å². The van der Waals surface area contributed by atoms with E-state index in [4.69, 9.17) is 0 Å². The van der Waals surface area contributed by atoms with Gasteiger partial charge in [0.15, 0.2) is 0 Å². The molecule has 314 valence electrons. The van der Waals surface area contributed by atoms with Crippen LogP contribution in [0.4, 0.5) is 0 Å². The van der Waals surface area contributed by atoms with Gasteiger partial charge in [0, 0.05) is 37.9 Å². The fraction of sp³-hybridized carbons (Fsp3) is 0.0159. The molecule has 0 atom stereocenters. The van der Waals surface area contributed by atoms with Crippen LogP contribution in [0, 0.1) is 29.6 Å². The average molecular weight is 864 g/mol. The topological polar surface area (TPSA) is 62.4 Å². The molecule has 3 aromatic heterocycles. The molecule has 0 amide bonds. The Bertz CT molecular complexity index is 4320. The molecule has 0 bridgehead atoms. The summed E-state index contributed by atoms with van der Waals surface area (Å²) in [6.07, 6.45) is 0. The second kappa shape index (κ2) is 14.3. The minimum absolute atomic E-state index is 0.402. The van der Waals surface area contributed by atoms with Gasteiger partial charge in [-0.3, -0.25) is 0 Å². The predicted molar refractivity (Wildman–Crippen MR) is 282 cm³/mol. The van der Waals surface area contributed by atoms with Gasteiger partial charge in [-0.15, -0.1) is 0 Å². The van der Waals surface area contributed by atoms with Crippen molar-refractivity contribution in [2.75, 3.05) is 0 Å². The van der Waals surface area contributed by atoms with Crippen LogP contribution < -0.4 is 0 Å². The lowest BCUT2D eigenvalue weighted by Gasteiger charge is -2.26. The third-order valence-corrected chi connectivity index (χ3v) is 14.4. The largest absolute Gasteiger partial charge is 0.307 e. The van der Waals surface area contributed by atoms with Crippen molar-refractivity contribution in [2.45, 2.75) is 6.92 Å². The first-order valence-corrected chi connectivity index (χ1v) is 23.0. The molecule has 0 fully saturated rings. The first-order valence-electron chi connectivity index (χ1n) is 23.0. The number of hydrogen-bond donors (Lipinski definition) is 0. The van der Waals surface area contributed by atoms with Gasteiger partial charge in [0.1, 0.15) is 23.3 Å². The number of aromatic nitrogens is 3. The van der Waals surface area contributed by atoms with Gasteiger partial charge in [0.05, 0.1) is 50.2 Å². The Morgan fingerprint density at radius 3 is 0.985 bits per heavy atom. The number of aryl methyl sites for hydroxylation is 1. The van der Waals surface area contributed by atoms with Gasteiger partial charge in [-0.25, -0.2) is 0 Å². The van der Waals surface area contributed by atoms with Crippen LogP contribution in [-0.2, 0) is 0 Å². The van der Waals surface area contributed by atoms with E-state index in [0.717, 1.165) is 98.3 Å². The van der Waals surface area contributed by atoms with Gasteiger partial charge >= 0.3 is 0 Å². The summed E-state index contributed by atoms with van der Waals surface area (Å²) in [4.78, 5) is 0. The molecule has 0 aliphatic heterocycles. The molecular weight excluding hydrogens is 827 g/mol. The second-order valence-electron chi connectivity index (χ2n) is 17.9. The third kappa shape index (κ3) is 5.08. The zero-order valence-electron chi connectivity index (χ0n) is 36.9. The van der Waals surface area contributed by atoms with Crippen molar-refractivity contribution in [3.8, 4) is 40.3 Å². The molecule has 0 radical (unpaired) electrons. The monoisotopic (exact) mass is 863 g/mol. The maximum absolute atomic E-state index is 12.2. The Balaban J connectivity index is 1.28. The molecule has 0 saturated heterocycles. The van der Waals surface area contributed by atoms with Gasteiger partial charge < -0.3 is 13.7 Å². The summed E-state index contributed by atoms with van der Waals surface area (Å²) in [6.45, 7) is 2.09. The maximum atomic E-state index is 12.2. The number of para-hydroxylation sites is 5. The van der Waals surface area contributed by atoms with E-state index in [-0.39, 0.29) is 0 Å². The van der Waals surface area contributed by atoms with Crippen LogP contribution in [0.5, 0.6) is 0 Å². The van der Waals surface area contributed by atoms with Gasteiger partial charge in [-0.1, -0.05) is 169 Å². The molecule has 14 aromatic rings. The molecule has 11 aromatic carbocycles. The zero-order chi connectivity index (χ0) is 45.2. The van der Waals surface area contributed by atoms with Crippen molar-refractivity contribution in [3.63, 3.8) is 0 Å². The molecule has 0 aliphatic rings. The van der Waals surface area contributed by atoms with Crippen molar-refractivity contribution in [1.29, 1.82) is 10.5 Å². The van der Waals surface area contributed by atoms with E-state index < -0.39 is 0 Å². The lowest BCUT2D eigenvalue weighted by Crippen LogP contribution is -2.14. The predicted octanol–water partition coefficient (Wildman–Crippen LogP) is 16.2. The van der Waals surface area contributed by atoms with Crippen LogP contribution in [0.15, 0.2) is 206 Å². The van der Waals surface area contributed by atoms with E-state index in [1.165, 1.54) is 16.2 Å². The molecule has 68 heavy (non-hydrogen) atoms. The van der Waals surface area contributed by atoms with Gasteiger partial charge in [-0.05, 0) is 87.3 Å². The van der Waals surface area contributed by atoms with E-state index in [0.29, 0.717) is 28.2 Å². The highest BCUT2D eigenvalue weighted by Crippen LogP contribution is 2.49. The van der Waals surface area contributed by atoms with E-state index in [1.54, 1.807) is 0 Å². The maximum Gasteiger partial charge on any atom is 0.104 e. The molecule has 0 N–H and O–H groups in total. The van der Waals surface area contributed by atoms with E-state index >= 15 is 0 Å². The Hall–Kier alpha value is -9.42. The van der Waals surface area contributed by atoms with E-state index in [1.807, 2.05) is 0 Å². The molecule has 5 heteroatoms. The zero-order valence-corrected chi connectivity index (χ0v) is 36.9. The number of rotatable bonds is 4. The Labute approximate surface area is 390 Å². The summed E-state index contributed by atoms with van der Waals surface area (Å²) in [5.74, 6) is 0. The van der Waals surface area contributed by atoms with Crippen molar-refractivity contribution < 1.29 is 0 Å². The van der Waals surface area contributed by atoms with Crippen LogP contribution in [0.2, 0.25) is 0 Å². The Morgan fingerprint density at radius 2 is 0.603 bits per heavy atom. The summed E-state index contributed by atoms with van der Waals surface area (Å²) in [6, 6.07) is 78.4. The number of nitrogens with zero attached hydrogens (tertiary/aromatic N) is 5. The molecule has 0 saturated carbocycles. The fourth-order valence-electron chi connectivity index (χ4n) is 11.5. The summed E-state index contributed by atoms with van der Waals surface area (Å²) < 4.78 is 6.78. The smallest absolute Gasteiger partial charge is 0.104 e. The minimum Gasteiger partial charge on any atom is -0.307 e. The highest BCUT2D eigenvalue weighted by molar-refractivity contribution is 6.29. The van der Waals surface area contributed by atoms with E-state index in [9.17, 15) is 10.5 Å². The SMILES string of the molecule is Cc1ccc(-c2c(-n3c4ccccc4c4ccccc43)c(C#N)c(-n3c4ccccc4c4cc5c6ccccc6c6ccccc6c5cc43)c(C#N)c2-n2c3ccccc3c3ccccc32)cc1. The van der Waals surface area contributed by atoms with Gasteiger partial charge in [0.2, 0.25) is 0 Å². The quantitative estimate of drug-likeness (QED) is 0.165. The minimum atomic E-state index is 0.402. The summed E-state index contributed by atoms with van der Waals surface area (Å²) >= 11 is 0. The molecule has 0 aliphatic carbocycles. The standard InChI is InChI=1S/C63H37N5/c1-38-30-32-39(33-31-38)60-62(66-54-25-11-6-20-44(54)45-21-7-12-26-55(45)66)52(36-64)61(53(37-65)63(60)67-56-27-13-8-22-46(56)47-23-9-14-28-57(47)67)68-58-29-15-10-24-48(58)51-34-49-42-18-4-2-16-40(42)41-17-3-5-19-43(41)50(49)35-59(51)68/h2-35H,1H3. The van der Waals surface area contributed by atoms with Gasteiger partial charge in [0.25, 0.3) is 0 Å². The normalized spacial score (nSPS) is 11.9. The van der Waals surface area contributed by atoms with Crippen molar-refractivity contribution in [3.05, 3.63) is 223 Å². The highest BCUT2D eigenvalue weighted by Gasteiger charge is 2.33. The Kier molecular flexibility index (Phi) is 7.97. The first kappa shape index (κ1) is 37.9. The molecule has 5 nitrogen and oxygen atoms in total. The number of fused-ring (bicyclic) bond motifs is 15. The third-order valence-electron chi connectivity index (χ3n) is 14.4. The summed E-state index contributed by atoms with van der Waals surface area (Å²) in [7, 11) is 0. The van der Waals surface area contributed by atoms with Crippen molar-refractivity contribution in [1.82, 2.24) is 13.7 Å².